The minimum atomic E-state index is -3.21. The predicted octanol–water partition coefficient (Wildman–Crippen LogP) is 4.81. The normalized spacial score (nSPS) is 43.1. The fourth-order valence-corrected chi connectivity index (χ4v) is 8.24. The minimum absolute atomic E-state index is 0.0117. The number of carbonyl (C=O) groups is 1. The molecule has 0 amide bonds. The molecule has 1 aromatic carbocycles. The Balaban J connectivity index is 1.39. The van der Waals surface area contributed by atoms with Crippen molar-refractivity contribution in [1.82, 2.24) is 0 Å². The number of benzene rings is 1. The van der Waals surface area contributed by atoms with Crippen molar-refractivity contribution in [3.63, 3.8) is 0 Å². The highest BCUT2D eigenvalue weighted by atomic mass is 32.2. The first kappa shape index (κ1) is 22.0. The lowest BCUT2D eigenvalue weighted by atomic mass is 9.47. The minimum Gasteiger partial charge on any atom is -0.490 e. The highest BCUT2D eigenvalue weighted by molar-refractivity contribution is 7.90. The Morgan fingerprint density at radius 3 is 2.47 bits per heavy atom. The summed E-state index contributed by atoms with van der Waals surface area (Å²) in [7, 11) is -3.21. The zero-order chi connectivity index (χ0) is 22.9. The molecule has 1 heterocycles. The van der Waals surface area contributed by atoms with Crippen LogP contribution in [0, 0.1) is 34.5 Å². The molecule has 0 aromatic heterocycles. The standard InChI is InChI=1S/C26H34O5S/c1-16-15-22-26(3,14-12-23(27)31-22)20-11-13-25(2)19(24(16)20)9-10-21(25)30-17-5-7-18(8-6-17)32(4,28)29/h5-8,12,14,16,19-22,24H,9-11,13,15H2,1-4H3/t16-,19-,20-,21-,22+,24-,25-,26+/m0/s1. The van der Waals surface area contributed by atoms with Crippen LogP contribution >= 0.6 is 0 Å². The van der Waals surface area contributed by atoms with Gasteiger partial charge in [-0.25, -0.2) is 13.2 Å². The van der Waals surface area contributed by atoms with Crippen LogP contribution in [0.5, 0.6) is 5.75 Å². The predicted molar refractivity (Wildman–Crippen MR) is 122 cm³/mol. The maximum Gasteiger partial charge on any atom is 0.330 e. The fourth-order valence-electron chi connectivity index (χ4n) is 7.61. The van der Waals surface area contributed by atoms with Crippen LogP contribution in [0.25, 0.3) is 0 Å². The molecule has 4 aliphatic rings. The third-order valence-corrected chi connectivity index (χ3v) is 10.5. The molecule has 3 aliphatic carbocycles. The zero-order valence-corrected chi connectivity index (χ0v) is 20.2. The summed E-state index contributed by atoms with van der Waals surface area (Å²) >= 11 is 0. The molecule has 3 fully saturated rings. The first-order valence-corrected chi connectivity index (χ1v) is 13.8. The molecular weight excluding hydrogens is 424 g/mol. The van der Waals surface area contributed by atoms with Gasteiger partial charge in [0.1, 0.15) is 18.0 Å². The van der Waals surface area contributed by atoms with Crippen LogP contribution in [-0.4, -0.2) is 32.9 Å². The largest absolute Gasteiger partial charge is 0.490 e. The molecule has 3 saturated carbocycles. The number of ether oxygens (including phenoxy) is 2. The average Bonchev–Trinajstić information content (AvgIpc) is 3.05. The maximum atomic E-state index is 11.9. The van der Waals surface area contributed by atoms with Gasteiger partial charge in [-0.15, -0.1) is 0 Å². The number of rotatable bonds is 3. The third-order valence-electron chi connectivity index (χ3n) is 9.35. The first-order valence-electron chi connectivity index (χ1n) is 11.9. The van der Waals surface area contributed by atoms with Gasteiger partial charge in [0.25, 0.3) is 0 Å². The lowest BCUT2D eigenvalue weighted by molar-refractivity contribution is -0.175. The van der Waals surface area contributed by atoms with Crippen LogP contribution in [0.2, 0.25) is 0 Å². The monoisotopic (exact) mass is 458 g/mol. The van der Waals surface area contributed by atoms with Crippen molar-refractivity contribution in [2.24, 2.45) is 34.5 Å². The second-order valence-corrected chi connectivity index (χ2v) is 13.1. The third kappa shape index (κ3) is 3.32. The summed E-state index contributed by atoms with van der Waals surface area (Å²) in [5, 5.41) is 0. The van der Waals surface area contributed by atoms with Gasteiger partial charge in [0.05, 0.1) is 4.90 Å². The highest BCUT2D eigenvalue weighted by Gasteiger charge is 2.62. The molecule has 1 aromatic rings. The molecule has 0 unspecified atom stereocenters. The Bertz CT molecular complexity index is 1040. The van der Waals surface area contributed by atoms with Gasteiger partial charge in [0.15, 0.2) is 9.84 Å². The first-order chi connectivity index (χ1) is 15.0. The van der Waals surface area contributed by atoms with Crippen LogP contribution in [0.1, 0.15) is 52.9 Å². The molecule has 6 heteroatoms. The Labute approximate surface area is 191 Å². The van der Waals surface area contributed by atoms with E-state index >= 15 is 0 Å². The number of sulfone groups is 1. The van der Waals surface area contributed by atoms with Crippen molar-refractivity contribution < 1.29 is 22.7 Å². The van der Waals surface area contributed by atoms with E-state index in [1.165, 1.54) is 6.26 Å². The average molecular weight is 459 g/mol. The summed E-state index contributed by atoms with van der Waals surface area (Å²) in [5.41, 5.74) is 0.0238. The van der Waals surface area contributed by atoms with E-state index in [4.69, 9.17) is 9.47 Å². The van der Waals surface area contributed by atoms with E-state index < -0.39 is 9.84 Å². The van der Waals surface area contributed by atoms with E-state index in [1.807, 2.05) is 0 Å². The van der Waals surface area contributed by atoms with Crippen LogP contribution < -0.4 is 4.74 Å². The van der Waals surface area contributed by atoms with Gasteiger partial charge in [-0.3, -0.25) is 0 Å². The van der Waals surface area contributed by atoms with Crippen molar-refractivity contribution in [3.05, 3.63) is 36.4 Å². The zero-order valence-electron chi connectivity index (χ0n) is 19.4. The van der Waals surface area contributed by atoms with E-state index in [0.717, 1.165) is 37.9 Å². The second-order valence-electron chi connectivity index (χ2n) is 11.1. The molecular formula is C26H34O5S. The van der Waals surface area contributed by atoms with E-state index in [2.05, 4.69) is 26.8 Å². The van der Waals surface area contributed by atoms with Crippen molar-refractivity contribution in [2.45, 2.75) is 70.0 Å². The highest BCUT2D eigenvalue weighted by Crippen LogP contribution is 2.65. The van der Waals surface area contributed by atoms with Crippen molar-refractivity contribution >= 4 is 15.8 Å². The van der Waals surface area contributed by atoms with Crippen molar-refractivity contribution in [3.8, 4) is 5.75 Å². The summed E-state index contributed by atoms with van der Waals surface area (Å²) in [6.07, 6.45) is 10.4. The number of carbonyl (C=O) groups excluding carboxylic acids is 1. The quantitative estimate of drug-likeness (QED) is 0.608. The summed E-state index contributed by atoms with van der Waals surface area (Å²) in [5.74, 6) is 2.76. The van der Waals surface area contributed by atoms with Gasteiger partial charge >= 0.3 is 5.97 Å². The fraction of sp³-hybridized carbons (Fsp3) is 0.654. The summed E-state index contributed by atoms with van der Waals surface area (Å²) < 4.78 is 35.8. The van der Waals surface area contributed by atoms with Gasteiger partial charge < -0.3 is 9.47 Å². The summed E-state index contributed by atoms with van der Waals surface area (Å²) in [6, 6.07) is 6.85. The van der Waals surface area contributed by atoms with Crippen LogP contribution in [0.4, 0.5) is 0 Å². The molecule has 1 aliphatic heterocycles. The Kier molecular flexibility index (Phi) is 5.05. The number of hydrogen-bond acceptors (Lipinski definition) is 5. The van der Waals surface area contributed by atoms with E-state index in [0.29, 0.717) is 28.6 Å². The Morgan fingerprint density at radius 1 is 1.06 bits per heavy atom. The molecule has 0 spiro atoms. The van der Waals surface area contributed by atoms with E-state index in [-0.39, 0.29) is 29.0 Å². The van der Waals surface area contributed by atoms with Crippen LogP contribution in [0.3, 0.4) is 0 Å². The molecule has 0 N–H and O–H groups in total. The molecule has 5 nitrogen and oxygen atoms in total. The molecule has 0 radical (unpaired) electrons. The second kappa shape index (κ2) is 7.34. The molecule has 0 bridgehead atoms. The number of fused-ring (bicyclic) bond motifs is 5. The van der Waals surface area contributed by atoms with Gasteiger partial charge in [0, 0.05) is 23.2 Å². The van der Waals surface area contributed by atoms with E-state index in [1.54, 1.807) is 30.3 Å². The topological polar surface area (TPSA) is 69.7 Å². The van der Waals surface area contributed by atoms with Crippen molar-refractivity contribution in [1.29, 1.82) is 0 Å². The van der Waals surface area contributed by atoms with Gasteiger partial charge in [-0.05, 0) is 80.0 Å². The Morgan fingerprint density at radius 2 is 1.78 bits per heavy atom. The Hall–Kier alpha value is -1.82. The molecule has 32 heavy (non-hydrogen) atoms. The van der Waals surface area contributed by atoms with Gasteiger partial charge in [-0.1, -0.05) is 26.8 Å². The molecule has 8 atom stereocenters. The van der Waals surface area contributed by atoms with Gasteiger partial charge in [0.2, 0.25) is 0 Å². The van der Waals surface area contributed by atoms with Crippen LogP contribution in [0.15, 0.2) is 41.3 Å². The number of hydrogen-bond donors (Lipinski definition) is 0. The van der Waals surface area contributed by atoms with Crippen LogP contribution in [-0.2, 0) is 19.4 Å². The SMILES string of the molecule is C[C@H]1C[C@H]2OC(=O)C=C[C@]2(C)[C@H]2CC[C@]3(C)[C@@H](Oc4ccc(S(C)(=O)=O)cc4)CC[C@H]3[C@H]12. The number of esters is 1. The van der Waals surface area contributed by atoms with Gasteiger partial charge in [-0.2, -0.15) is 0 Å². The van der Waals surface area contributed by atoms with E-state index in [9.17, 15) is 13.2 Å². The molecule has 174 valence electrons. The summed E-state index contributed by atoms with van der Waals surface area (Å²) in [6.45, 7) is 7.03. The summed E-state index contributed by atoms with van der Waals surface area (Å²) in [4.78, 5) is 12.2. The molecule has 5 rings (SSSR count). The maximum absolute atomic E-state index is 11.9. The smallest absolute Gasteiger partial charge is 0.330 e. The lowest BCUT2D eigenvalue weighted by Crippen LogP contribution is -2.58. The van der Waals surface area contributed by atoms with Crippen molar-refractivity contribution in [2.75, 3.05) is 6.26 Å². The molecule has 0 saturated heterocycles. The lowest BCUT2D eigenvalue weighted by Gasteiger charge is -2.60.